The van der Waals surface area contributed by atoms with Gasteiger partial charge in [0.1, 0.15) is 0 Å². The quantitative estimate of drug-likeness (QED) is 0.0380. The van der Waals surface area contributed by atoms with Gasteiger partial charge in [0.2, 0.25) is 0 Å². The van der Waals surface area contributed by atoms with E-state index < -0.39 is 0 Å². The molecule has 0 aromatic heterocycles. The number of hydrogen-bond acceptors (Lipinski definition) is 4. The molecule has 0 N–H and O–H groups in total. The maximum Gasteiger partial charge on any atom is 0.346 e. The van der Waals surface area contributed by atoms with Gasteiger partial charge < -0.3 is 9.47 Å². The SMILES string of the molecule is CCCCCCCC/C=C\CCCCCCCCOCC(=O)[N+](C)(C)C(=O)COCCCCCCCC/C=C\CCCCCCCC. The van der Waals surface area contributed by atoms with Crippen LogP contribution in [0, 0.1) is 0 Å². The number of nitrogens with zero attached hydrogens (tertiary/aromatic N) is 1. The number of ether oxygens (including phenoxy) is 2. The van der Waals surface area contributed by atoms with Crippen LogP contribution in [-0.4, -0.2) is 56.8 Å². The van der Waals surface area contributed by atoms with Crippen molar-refractivity contribution in [3.8, 4) is 0 Å². The number of carbonyl (C=O) groups is 2. The van der Waals surface area contributed by atoms with Crippen LogP contribution in [0.3, 0.4) is 0 Å². The fraction of sp³-hybridized carbons (Fsp3) is 0.857. The largest absolute Gasteiger partial charge is 0.367 e. The molecule has 0 unspecified atom stereocenters. The zero-order chi connectivity index (χ0) is 34.5. The molecule has 0 atom stereocenters. The minimum absolute atomic E-state index is 0.0151. The van der Waals surface area contributed by atoms with E-state index in [2.05, 4.69) is 38.2 Å². The number of amides is 2. The number of hydrogen-bond donors (Lipinski definition) is 0. The van der Waals surface area contributed by atoms with Gasteiger partial charge in [0.15, 0.2) is 13.2 Å². The normalized spacial score (nSPS) is 12.2. The number of rotatable bonds is 36. The fourth-order valence-electron chi connectivity index (χ4n) is 5.68. The molecule has 0 aromatic carbocycles. The monoisotopic (exact) mass is 663 g/mol. The molecule has 0 aromatic rings. The van der Waals surface area contributed by atoms with E-state index in [1.807, 2.05) is 0 Å². The molecule has 0 fully saturated rings. The number of likely N-dealkylation sites (N-methyl/N-ethyl adjacent to an activating group) is 1. The molecule has 0 aliphatic rings. The summed E-state index contributed by atoms with van der Waals surface area (Å²) in [7, 11) is 3.29. The Morgan fingerprint density at radius 2 is 0.660 bits per heavy atom. The highest BCUT2D eigenvalue weighted by molar-refractivity contribution is 5.85. The van der Waals surface area contributed by atoms with Crippen molar-refractivity contribution in [3.05, 3.63) is 24.3 Å². The van der Waals surface area contributed by atoms with Gasteiger partial charge in [-0.3, -0.25) is 0 Å². The zero-order valence-electron chi connectivity index (χ0n) is 32.0. The van der Waals surface area contributed by atoms with E-state index >= 15 is 0 Å². The Morgan fingerprint density at radius 3 is 0.957 bits per heavy atom. The minimum atomic E-state index is -0.319. The van der Waals surface area contributed by atoms with Crippen molar-refractivity contribution in [1.29, 1.82) is 0 Å². The van der Waals surface area contributed by atoms with E-state index in [4.69, 9.17) is 9.47 Å². The van der Waals surface area contributed by atoms with Crippen LogP contribution in [0.1, 0.15) is 194 Å². The Hall–Kier alpha value is -1.30. The summed E-state index contributed by atoms with van der Waals surface area (Å²) in [6, 6.07) is 0. The molecule has 5 heteroatoms. The first kappa shape index (κ1) is 45.7. The van der Waals surface area contributed by atoms with Gasteiger partial charge in [0.05, 0.1) is 14.1 Å². The molecule has 276 valence electrons. The third-order valence-electron chi connectivity index (χ3n) is 9.30. The van der Waals surface area contributed by atoms with Crippen molar-refractivity contribution in [2.24, 2.45) is 0 Å². The van der Waals surface area contributed by atoms with Crippen LogP contribution in [0.25, 0.3) is 0 Å². The van der Waals surface area contributed by atoms with E-state index in [1.165, 1.54) is 154 Å². The van der Waals surface area contributed by atoms with Crippen molar-refractivity contribution in [1.82, 2.24) is 0 Å². The molecule has 0 heterocycles. The second kappa shape index (κ2) is 36.0. The Morgan fingerprint density at radius 1 is 0.404 bits per heavy atom. The van der Waals surface area contributed by atoms with Gasteiger partial charge in [-0.2, -0.15) is 4.48 Å². The van der Waals surface area contributed by atoms with Crippen molar-refractivity contribution >= 4 is 11.8 Å². The van der Waals surface area contributed by atoms with Gasteiger partial charge in [-0.1, -0.05) is 154 Å². The lowest BCUT2D eigenvalue weighted by Crippen LogP contribution is -2.53. The molecule has 0 spiro atoms. The van der Waals surface area contributed by atoms with Crippen LogP contribution in [0.4, 0.5) is 0 Å². The van der Waals surface area contributed by atoms with Crippen LogP contribution in [0.15, 0.2) is 24.3 Å². The van der Waals surface area contributed by atoms with Gasteiger partial charge >= 0.3 is 11.8 Å². The molecular formula is C42H80NO4+. The summed E-state index contributed by atoms with van der Waals surface area (Å²) in [4.78, 5) is 25.3. The maximum absolute atomic E-state index is 12.6. The Kier molecular flexibility index (Phi) is 35.0. The average Bonchev–Trinajstić information content (AvgIpc) is 3.06. The van der Waals surface area contributed by atoms with Gasteiger partial charge in [0, 0.05) is 13.2 Å². The minimum Gasteiger partial charge on any atom is -0.367 e. The maximum atomic E-state index is 12.6. The number of quaternary nitrogens is 1. The number of unbranched alkanes of at least 4 members (excludes halogenated alkanes) is 24. The molecule has 47 heavy (non-hydrogen) atoms. The molecular weight excluding hydrogens is 582 g/mol. The van der Waals surface area contributed by atoms with Crippen molar-refractivity contribution in [2.45, 2.75) is 194 Å². The van der Waals surface area contributed by atoms with E-state index in [0.29, 0.717) is 13.2 Å². The Labute approximate surface area is 293 Å². The van der Waals surface area contributed by atoms with Gasteiger partial charge in [-0.05, 0) is 64.2 Å². The van der Waals surface area contributed by atoms with Crippen molar-refractivity contribution < 1.29 is 23.5 Å². The summed E-state index contributed by atoms with van der Waals surface area (Å²) in [6.45, 7) is 5.66. The average molecular weight is 663 g/mol. The zero-order valence-corrected chi connectivity index (χ0v) is 32.0. The highest BCUT2D eigenvalue weighted by Crippen LogP contribution is 2.12. The molecule has 0 aliphatic carbocycles. The van der Waals surface area contributed by atoms with Crippen molar-refractivity contribution in [3.63, 3.8) is 0 Å². The lowest BCUT2D eigenvalue weighted by atomic mass is 10.1. The van der Waals surface area contributed by atoms with Gasteiger partial charge in [0.25, 0.3) is 0 Å². The molecule has 0 aliphatic heterocycles. The second-order valence-corrected chi connectivity index (χ2v) is 14.2. The van der Waals surface area contributed by atoms with Crippen LogP contribution in [0.5, 0.6) is 0 Å². The van der Waals surface area contributed by atoms with E-state index in [0.717, 1.165) is 25.7 Å². The number of allylic oxidation sites excluding steroid dienone is 4. The highest BCUT2D eigenvalue weighted by atomic mass is 16.5. The number of imide groups is 1. The summed E-state index contributed by atoms with van der Waals surface area (Å²) in [5.41, 5.74) is 0. The third-order valence-corrected chi connectivity index (χ3v) is 9.30. The molecule has 2 amide bonds. The predicted molar refractivity (Wildman–Crippen MR) is 203 cm³/mol. The second-order valence-electron chi connectivity index (χ2n) is 14.2. The van der Waals surface area contributed by atoms with E-state index in [1.54, 1.807) is 14.1 Å². The molecule has 0 bridgehead atoms. The van der Waals surface area contributed by atoms with E-state index in [9.17, 15) is 9.59 Å². The lowest BCUT2D eigenvalue weighted by molar-refractivity contribution is -0.736. The molecule has 0 saturated carbocycles. The van der Waals surface area contributed by atoms with Gasteiger partial charge in [-0.15, -0.1) is 0 Å². The summed E-state index contributed by atoms with van der Waals surface area (Å²) in [6.07, 6.45) is 45.1. The summed E-state index contributed by atoms with van der Waals surface area (Å²) < 4.78 is 10.9. The summed E-state index contributed by atoms with van der Waals surface area (Å²) in [5.74, 6) is -0.416. The molecule has 5 nitrogen and oxygen atoms in total. The summed E-state index contributed by atoms with van der Waals surface area (Å²) in [5, 5.41) is 0. The topological polar surface area (TPSA) is 52.6 Å². The lowest BCUT2D eigenvalue weighted by Gasteiger charge is -2.23. The molecule has 0 saturated heterocycles. The van der Waals surface area contributed by atoms with Crippen LogP contribution >= 0.6 is 0 Å². The Balaban J connectivity index is 3.57. The fourth-order valence-corrected chi connectivity index (χ4v) is 5.68. The molecule has 0 rings (SSSR count). The Bertz CT molecular complexity index is 685. The first-order valence-electron chi connectivity index (χ1n) is 20.3. The molecule has 0 radical (unpaired) electrons. The van der Waals surface area contributed by atoms with Crippen molar-refractivity contribution in [2.75, 3.05) is 40.5 Å². The first-order valence-corrected chi connectivity index (χ1v) is 20.3. The van der Waals surface area contributed by atoms with Crippen LogP contribution in [0.2, 0.25) is 0 Å². The van der Waals surface area contributed by atoms with Crippen LogP contribution < -0.4 is 0 Å². The summed E-state index contributed by atoms with van der Waals surface area (Å²) >= 11 is 0. The standard InChI is InChI=1S/C42H80NO4/c1-5-7-9-11-13-15-17-19-21-23-25-27-29-31-33-35-37-46-39-41(44)43(3,4)42(45)40-47-38-36-34-32-30-28-26-24-22-20-18-16-14-12-10-8-6-2/h19-22H,5-18,23-40H2,1-4H3/q+1/b21-19-,22-20-. The number of carbonyl (C=O) groups excluding carboxylic acids is 2. The van der Waals surface area contributed by atoms with Crippen LogP contribution in [-0.2, 0) is 19.1 Å². The third kappa shape index (κ3) is 31.7. The smallest absolute Gasteiger partial charge is 0.346 e. The first-order chi connectivity index (χ1) is 23.0. The van der Waals surface area contributed by atoms with Gasteiger partial charge in [-0.25, -0.2) is 9.59 Å². The predicted octanol–water partition coefficient (Wildman–Crippen LogP) is 12.2. The highest BCUT2D eigenvalue weighted by Gasteiger charge is 2.35. The van der Waals surface area contributed by atoms with E-state index in [-0.39, 0.29) is 29.5 Å².